The fourth-order valence-electron chi connectivity index (χ4n) is 1.01. The molecule has 0 aromatic heterocycles. The lowest BCUT2D eigenvalue weighted by Crippen LogP contribution is -2.24. The summed E-state index contributed by atoms with van der Waals surface area (Å²) in [5.41, 5.74) is 8.18. The third-order valence-electron chi connectivity index (χ3n) is 1.84. The van der Waals surface area contributed by atoms with E-state index in [4.69, 9.17) is 10.3 Å². The Bertz CT molecular complexity index is 172. The molecule has 1 atom stereocenters. The standard InChI is InChI=1S/C6H11N3O/c1-6(2)4-10-3-5(6)8-9-7/h5H,3-4H2,1-2H3/t5-/m1/s1. The van der Waals surface area contributed by atoms with Gasteiger partial charge in [0.15, 0.2) is 0 Å². The first kappa shape index (κ1) is 7.38. The first-order chi connectivity index (χ1) is 4.67. The van der Waals surface area contributed by atoms with Crippen molar-refractivity contribution in [2.45, 2.75) is 19.9 Å². The molecule has 0 radical (unpaired) electrons. The number of ether oxygens (including phenoxy) is 1. The van der Waals surface area contributed by atoms with Crippen molar-refractivity contribution in [1.29, 1.82) is 0 Å². The molecule has 1 fully saturated rings. The maximum Gasteiger partial charge on any atom is 0.0680 e. The second-order valence-corrected chi connectivity index (χ2v) is 3.22. The zero-order chi connectivity index (χ0) is 7.61. The molecule has 4 heteroatoms. The van der Waals surface area contributed by atoms with Crippen LogP contribution in [-0.2, 0) is 4.74 Å². The summed E-state index contributed by atoms with van der Waals surface area (Å²) < 4.78 is 5.16. The van der Waals surface area contributed by atoms with Gasteiger partial charge in [-0.05, 0) is 10.9 Å². The van der Waals surface area contributed by atoms with Crippen LogP contribution in [0.25, 0.3) is 10.4 Å². The highest BCUT2D eigenvalue weighted by atomic mass is 16.5. The molecule has 1 heterocycles. The minimum Gasteiger partial charge on any atom is -0.380 e. The maximum absolute atomic E-state index is 8.16. The van der Waals surface area contributed by atoms with E-state index in [-0.39, 0.29) is 11.5 Å². The smallest absolute Gasteiger partial charge is 0.0680 e. The Morgan fingerprint density at radius 2 is 2.40 bits per heavy atom. The summed E-state index contributed by atoms with van der Waals surface area (Å²) in [5.74, 6) is 0. The predicted octanol–water partition coefficient (Wildman–Crippen LogP) is 1.72. The van der Waals surface area contributed by atoms with Gasteiger partial charge in [-0.2, -0.15) is 0 Å². The fourth-order valence-corrected chi connectivity index (χ4v) is 1.01. The molecule has 1 aliphatic rings. The summed E-state index contributed by atoms with van der Waals surface area (Å²) in [6, 6.07) is 0.0116. The quantitative estimate of drug-likeness (QED) is 0.311. The topological polar surface area (TPSA) is 58.0 Å². The second kappa shape index (κ2) is 2.48. The molecule has 4 nitrogen and oxygen atoms in total. The van der Waals surface area contributed by atoms with Crippen LogP contribution in [0.4, 0.5) is 0 Å². The molecule has 1 rings (SSSR count). The van der Waals surface area contributed by atoms with Gasteiger partial charge in [0, 0.05) is 4.91 Å². The molecule has 0 aromatic rings. The minimum absolute atomic E-state index is 0.0116. The molecular weight excluding hydrogens is 130 g/mol. The van der Waals surface area contributed by atoms with E-state index in [0.29, 0.717) is 13.2 Å². The molecule has 1 aliphatic heterocycles. The highest BCUT2D eigenvalue weighted by Crippen LogP contribution is 2.29. The molecule has 0 unspecified atom stereocenters. The van der Waals surface area contributed by atoms with Crippen LogP contribution in [0.2, 0.25) is 0 Å². The molecular formula is C6H11N3O. The molecule has 0 saturated carbocycles. The van der Waals surface area contributed by atoms with Gasteiger partial charge in [0.2, 0.25) is 0 Å². The lowest BCUT2D eigenvalue weighted by atomic mass is 9.89. The number of hydrogen-bond donors (Lipinski definition) is 0. The zero-order valence-corrected chi connectivity index (χ0v) is 6.24. The Labute approximate surface area is 59.8 Å². The first-order valence-electron chi connectivity index (χ1n) is 3.29. The van der Waals surface area contributed by atoms with Crippen LogP contribution in [0.1, 0.15) is 13.8 Å². The van der Waals surface area contributed by atoms with Gasteiger partial charge in [0.1, 0.15) is 0 Å². The molecule has 0 aliphatic carbocycles. The van der Waals surface area contributed by atoms with Crippen LogP contribution in [-0.4, -0.2) is 19.3 Å². The van der Waals surface area contributed by atoms with Gasteiger partial charge in [-0.25, -0.2) is 0 Å². The van der Waals surface area contributed by atoms with Crippen LogP contribution >= 0.6 is 0 Å². The number of nitrogens with zero attached hydrogens (tertiary/aromatic N) is 3. The third kappa shape index (κ3) is 1.23. The van der Waals surface area contributed by atoms with Crippen molar-refractivity contribution < 1.29 is 4.74 Å². The number of rotatable bonds is 1. The maximum atomic E-state index is 8.16. The Balaban J connectivity index is 2.68. The van der Waals surface area contributed by atoms with Crippen molar-refractivity contribution in [2.75, 3.05) is 13.2 Å². The van der Waals surface area contributed by atoms with E-state index in [2.05, 4.69) is 10.0 Å². The van der Waals surface area contributed by atoms with E-state index in [1.54, 1.807) is 0 Å². The Hall–Kier alpha value is -0.730. The van der Waals surface area contributed by atoms with Gasteiger partial charge in [0.25, 0.3) is 0 Å². The van der Waals surface area contributed by atoms with Crippen LogP contribution in [0.15, 0.2) is 5.11 Å². The van der Waals surface area contributed by atoms with Crippen LogP contribution in [0.5, 0.6) is 0 Å². The van der Waals surface area contributed by atoms with Crippen molar-refractivity contribution >= 4 is 0 Å². The Morgan fingerprint density at radius 1 is 1.70 bits per heavy atom. The summed E-state index contributed by atoms with van der Waals surface area (Å²) in [5, 5.41) is 3.63. The fraction of sp³-hybridized carbons (Fsp3) is 1.00. The molecule has 1 saturated heterocycles. The normalized spacial score (nSPS) is 29.6. The monoisotopic (exact) mass is 141 g/mol. The Morgan fingerprint density at radius 3 is 2.80 bits per heavy atom. The van der Waals surface area contributed by atoms with Gasteiger partial charge in [0.05, 0.1) is 19.3 Å². The molecule has 0 amide bonds. The highest BCUT2D eigenvalue weighted by molar-refractivity contribution is 4.88. The third-order valence-corrected chi connectivity index (χ3v) is 1.84. The van der Waals surface area contributed by atoms with E-state index < -0.39 is 0 Å². The van der Waals surface area contributed by atoms with Gasteiger partial charge < -0.3 is 4.74 Å². The minimum atomic E-state index is 0.0116. The largest absolute Gasteiger partial charge is 0.380 e. The van der Waals surface area contributed by atoms with E-state index in [1.165, 1.54) is 0 Å². The zero-order valence-electron chi connectivity index (χ0n) is 6.24. The van der Waals surface area contributed by atoms with E-state index in [1.807, 2.05) is 13.8 Å². The second-order valence-electron chi connectivity index (χ2n) is 3.22. The average Bonchev–Trinajstić information content (AvgIpc) is 2.13. The van der Waals surface area contributed by atoms with Crippen molar-refractivity contribution in [3.05, 3.63) is 10.4 Å². The Kier molecular flexibility index (Phi) is 1.83. The number of hydrogen-bond acceptors (Lipinski definition) is 2. The molecule has 0 aromatic carbocycles. The van der Waals surface area contributed by atoms with Gasteiger partial charge in [-0.15, -0.1) is 0 Å². The van der Waals surface area contributed by atoms with Crippen molar-refractivity contribution in [3.8, 4) is 0 Å². The lowest BCUT2D eigenvalue weighted by Gasteiger charge is -2.19. The van der Waals surface area contributed by atoms with Gasteiger partial charge >= 0.3 is 0 Å². The SMILES string of the molecule is CC1(C)COC[C@H]1N=[N+]=[N-]. The lowest BCUT2D eigenvalue weighted by molar-refractivity contribution is 0.167. The molecule has 0 N–H and O–H groups in total. The van der Waals surface area contributed by atoms with E-state index in [9.17, 15) is 0 Å². The summed E-state index contributed by atoms with van der Waals surface area (Å²) in [6.45, 7) is 5.34. The van der Waals surface area contributed by atoms with Gasteiger partial charge in [-0.1, -0.05) is 19.0 Å². The highest BCUT2D eigenvalue weighted by Gasteiger charge is 2.34. The van der Waals surface area contributed by atoms with E-state index >= 15 is 0 Å². The first-order valence-corrected chi connectivity index (χ1v) is 3.29. The summed E-state index contributed by atoms with van der Waals surface area (Å²) in [7, 11) is 0. The van der Waals surface area contributed by atoms with Crippen molar-refractivity contribution in [3.63, 3.8) is 0 Å². The van der Waals surface area contributed by atoms with Crippen molar-refractivity contribution in [2.24, 2.45) is 10.5 Å². The summed E-state index contributed by atoms with van der Waals surface area (Å²) >= 11 is 0. The molecule has 10 heavy (non-hydrogen) atoms. The predicted molar refractivity (Wildman–Crippen MR) is 37.5 cm³/mol. The molecule has 0 spiro atoms. The van der Waals surface area contributed by atoms with Crippen LogP contribution in [0, 0.1) is 5.41 Å². The van der Waals surface area contributed by atoms with Crippen LogP contribution in [0.3, 0.4) is 0 Å². The number of azide groups is 1. The van der Waals surface area contributed by atoms with Gasteiger partial charge in [-0.3, -0.25) is 0 Å². The molecule has 0 bridgehead atoms. The van der Waals surface area contributed by atoms with Crippen molar-refractivity contribution in [1.82, 2.24) is 0 Å². The van der Waals surface area contributed by atoms with E-state index in [0.717, 1.165) is 0 Å². The summed E-state index contributed by atoms with van der Waals surface area (Å²) in [4.78, 5) is 2.76. The average molecular weight is 141 g/mol. The summed E-state index contributed by atoms with van der Waals surface area (Å²) in [6.07, 6.45) is 0. The molecule has 56 valence electrons. The van der Waals surface area contributed by atoms with Crippen LogP contribution < -0.4 is 0 Å².